The monoisotopic (exact) mass is 220 g/mol. The summed E-state index contributed by atoms with van der Waals surface area (Å²) in [5.74, 6) is 0. The van der Waals surface area contributed by atoms with Crippen LogP contribution in [0.4, 0.5) is 0 Å². The molecule has 0 amide bonds. The summed E-state index contributed by atoms with van der Waals surface area (Å²) in [6.07, 6.45) is -0.274. The van der Waals surface area contributed by atoms with E-state index in [-0.39, 0.29) is 6.10 Å². The molecule has 0 spiro atoms. The SMILES string of the molecule is COC(C)C(C)(O)c1sccc1Cl. The summed E-state index contributed by atoms with van der Waals surface area (Å²) in [5.41, 5.74) is -1.01. The Morgan fingerprint density at radius 1 is 1.69 bits per heavy atom. The first-order chi connectivity index (χ1) is 6.00. The molecule has 0 aliphatic carbocycles. The van der Waals surface area contributed by atoms with Gasteiger partial charge in [-0.05, 0) is 25.3 Å². The van der Waals surface area contributed by atoms with Crippen LogP contribution in [-0.2, 0) is 10.3 Å². The Hall–Kier alpha value is -0.0900. The number of hydrogen-bond acceptors (Lipinski definition) is 3. The molecule has 0 fully saturated rings. The van der Waals surface area contributed by atoms with Gasteiger partial charge in [0, 0.05) is 7.11 Å². The molecule has 13 heavy (non-hydrogen) atoms. The van der Waals surface area contributed by atoms with E-state index in [2.05, 4.69) is 0 Å². The summed E-state index contributed by atoms with van der Waals surface area (Å²) in [6, 6.07) is 1.78. The molecule has 0 saturated carbocycles. The molecular formula is C9H13ClO2S. The van der Waals surface area contributed by atoms with Crippen molar-refractivity contribution in [1.29, 1.82) is 0 Å². The molecular weight excluding hydrogens is 208 g/mol. The van der Waals surface area contributed by atoms with Crippen LogP contribution in [-0.4, -0.2) is 18.3 Å². The Kier molecular flexibility index (Phi) is 3.35. The van der Waals surface area contributed by atoms with E-state index in [0.29, 0.717) is 5.02 Å². The van der Waals surface area contributed by atoms with Crippen molar-refractivity contribution >= 4 is 22.9 Å². The second-order valence-corrected chi connectivity index (χ2v) is 4.45. The molecule has 2 nitrogen and oxygen atoms in total. The number of methoxy groups -OCH3 is 1. The molecule has 2 unspecified atom stereocenters. The Labute approximate surface area is 87.1 Å². The van der Waals surface area contributed by atoms with Gasteiger partial charge >= 0.3 is 0 Å². The van der Waals surface area contributed by atoms with Crippen molar-refractivity contribution in [3.8, 4) is 0 Å². The van der Waals surface area contributed by atoms with Crippen molar-refractivity contribution < 1.29 is 9.84 Å². The standard InChI is InChI=1S/C9H13ClO2S/c1-6(12-3)9(2,11)8-7(10)4-5-13-8/h4-6,11H,1-3H3. The Morgan fingerprint density at radius 3 is 2.69 bits per heavy atom. The minimum atomic E-state index is -1.01. The number of aliphatic hydroxyl groups is 1. The lowest BCUT2D eigenvalue weighted by atomic mass is 9.98. The van der Waals surface area contributed by atoms with E-state index in [9.17, 15) is 5.11 Å². The van der Waals surface area contributed by atoms with Gasteiger partial charge in [0.15, 0.2) is 0 Å². The fourth-order valence-corrected chi connectivity index (χ4v) is 2.46. The molecule has 2 atom stereocenters. The number of hydrogen-bond donors (Lipinski definition) is 1. The summed E-state index contributed by atoms with van der Waals surface area (Å²) in [6.45, 7) is 3.52. The van der Waals surface area contributed by atoms with Gasteiger partial charge in [-0.3, -0.25) is 0 Å². The van der Waals surface area contributed by atoms with Crippen molar-refractivity contribution in [2.45, 2.75) is 25.6 Å². The van der Waals surface area contributed by atoms with E-state index >= 15 is 0 Å². The lowest BCUT2D eigenvalue weighted by Gasteiger charge is -2.28. The van der Waals surface area contributed by atoms with Gasteiger partial charge in [-0.15, -0.1) is 11.3 Å². The number of ether oxygens (including phenoxy) is 1. The van der Waals surface area contributed by atoms with Crippen molar-refractivity contribution in [2.24, 2.45) is 0 Å². The summed E-state index contributed by atoms with van der Waals surface area (Å²) < 4.78 is 5.09. The van der Waals surface area contributed by atoms with Crippen LogP contribution in [0, 0.1) is 0 Å². The van der Waals surface area contributed by atoms with E-state index in [1.807, 2.05) is 12.3 Å². The lowest BCUT2D eigenvalue weighted by molar-refractivity contribution is -0.0748. The van der Waals surface area contributed by atoms with E-state index in [1.165, 1.54) is 11.3 Å². The van der Waals surface area contributed by atoms with Gasteiger partial charge in [-0.25, -0.2) is 0 Å². The third kappa shape index (κ3) is 2.05. The molecule has 1 aromatic heterocycles. The van der Waals surface area contributed by atoms with Crippen molar-refractivity contribution in [3.63, 3.8) is 0 Å². The maximum atomic E-state index is 10.1. The predicted molar refractivity (Wildman–Crippen MR) is 55.4 cm³/mol. The van der Waals surface area contributed by atoms with E-state index in [4.69, 9.17) is 16.3 Å². The van der Waals surface area contributed by atoms with Crippen molar-refractivity contribution in [1.82, 2.24) is 0 Å². The second-order valence-electron chi connectivity index (χ2n) is 3.12. The van der Waals surface area contributed by atoms with Gasteiger partial charge in [0.1, 0.15) is 5.60 Å². The van der Waals surface area contributed by atoms with E-state index in [0.717, 1.165) is 4.88 Å². The smallest absolute Gasteiger partial charge is 0.123 e. The van der Waals surface area contributed by atoms with Crippen LogP contribution in [0.15, 0.2) is 11.4 Å². The van der Waals surface area contributed by atoms with Gasteiger partial charge in [-0.1, -0.05) is 11.6 Å². The molecule has 0 aromatic carbocycles. The lowest BCUT2D eigenvalue weighted by Crippen LogP contribution is -2.35. The molecule has 0 radical (unpaired) electrons. The number of halogens is 1. The summed E-state index contributed by atoms with van der Waals surface area (Å²) in [7, 11) is 1.57. The van der Waals surface area contributed by atoms with Crippen LogP contribution in [0.25, 0.3) is 0 Å². The summed E-state index contributed by atoms with van der Waals surface area (Å²) in [4.78, 5) is 0.753. The summed E-state index contributed by atoms with van der Waals surface area (Å²) in [5, 5.41) is 12.6. The number of rotatable bonds is 3. The highest BCUT2D eigenvalue weighted by atomic mass is 35.5. The second kappa shape index (κ2) is 3.96. The fourth-order valence-electron chi connectivity index (χ4n) is 1.07. The molecule has 1 aromatic rings. The Bertz CT molecular complexity index is 283. The quantitative estimate of drug-likeness (QED) is 0.849. The highest BCUT2D eigenvalue weighted by molar-refractivity contribution is 7.10. The molecule has 1 rings (SSSR count). The van der Waals surface area contributed by atoms with Crippen LogP contribution in [0.3, 0.4) is 0 Å². The highest BCUT2D eigenvalue weighted by Crippen LogP contribution is 2.35. The van der Waals surface area contributed by atoms with Crippen LogP contribution in [0.2, 0.25) is 5.02 Å². The zero-order valence-corrected chi connectivity index (χ0v) is 9.45. The average Bonchev–Trinajstić information content (AvgIpc) is 2.50. The molecule has 0 saturated heterocycles. The van der Waals surface area contributed by atoms with Gasteiger partial charge in [0.05, 0.1) is 16.0 Å². The highest BCUT2D eigenvalue weighted by Gasteiger charge is 2.33. The molecule has 0 aliphatic heterocycles. The van der Waals surface area contributed by atoms with Gasteiger partial charge in [-0.2, -0.15) is 0 Å². The van der Waals surface area contributed by atoms with Gasteiger partial charge < -0.3 is 9.84 Å². The third-order valence-electron chi connectivity index (χ3n) is 2.22. The minimum absolute atomic E-state index is 0.274. The van der Waals surface area contributed by atoms with Crippen LogP contribution >= 0.6 is 22.9 Å². The normalized spacial score (nSPS) is 18.2. The molecule has 0 aliphatic rings. The van der Waals surface area contributed by atoms with Crippen LogP contribution < -0.4 is 0 Å². The molecule has 1 heterocycles. The third-order valence-corrected chi connectivity index (χ3v) is 3.79. The molecule has 74 valence electrons. The first kappa shape index (κ1) is 11.0. The fraction of sp³-hybridized carbons (Fsp3) is 0.556. The Morgan fingerprint density at radius 2 is 2.31 bits per heavy atom. The molecule has 4 heteroatoms. The van der Waals surface area contributed by atoms with E-state index in [1.54, 1.807) is 20.1 Å². The maximum absolute atomic E-state index is 10.1. The topological polar surface area (TPSA) is 29.5 Å². The van der Waals surface area contributed by atoms with E-state index < -0.39 is 5.60 Å². The van der Waals surface area contributed by atoms with Crippen LogP contribution in [0.5, 0.6) is 0 Å². The van der Waals surface area contributed by atoms with Crippen LogP contribution in [0.1, 0.15) is 18.7 Å². The maximum Gasteiger partial charge on any atom is 0.123 e. The average molecular weight is 221 g/mol. The first-order valence-electron chi connectivity index (χ1n) is 3.98. The number of thiophene rings is 1. The van der Waals surface area contributed by atoms with Crippen molar-refractivity contribution in [2.75, 3.05) is 7.11 Å². The minimum Gasteiger partial charge on any atom is -0.382 e. The first-order valence-corrected chi connectivity index (χ1v) is 5.24. The molecule has 1 N–H and O–H groups in total. The summed E-state index contributed by atoms with van der Waals surface area (Å²) >= 11 is 7.36. The largest absolute Gasteiger partial charge is 0.382 e. The van der Waals surface area contributed by atoms with Crippen molar-refractivity contribution in [3.05, 3.63) is 21.3 Å². The Balaban J connectivity index is 2.99. The van der Waals surface area contributed by atoms with Gasteiger partial charge in [0.2, 0.25) is 0 Å². The molecule has 0 bridgehead atoms. The predicted octanol–water partition coefficient (Wildman–Crippen LogP) is 2.64. The van der Waals surface area contributed by atoms with Gasteiger partial charge in [0.25, 0.3) is 0 Å². The zero-order valence-electron chi connectivity index (χ0n) is 7.87. The zero-order chi connectivity index (χ0) is 10.1.